The summed E-state index contributed by atoms with van der Waals surface area (Å²) in [6.07, 6.45) is 6.86. The Morgan fingerprint density at radius 2 is 2.28 bits per heavy atom. The van der Waals surface area contributed by atoms with Gasteiger partial charge in [-0.05, 0) is 30.7 Å². The Kier molecular flexibility index (Phi) is 3.44. The molecule has 2 aromatic rings. The molecule has 0 fully saturated rings. The van der Waals surface area contributed by atoms with Crippen LogP contribution in [0.2, 0.25) is 0 Å². The molecular formula is C14H13N3O. The third-order valence-corrected chi connectivity index (χ3v) is 2.54. The van der Waals surface area contributed by atoms with E-state index in [4.69, 9.17) is 10.00 Å². The minimum absolute atomic E-state index is 0.743. The molecule has 4 heteroatoms. The molecule has 18 heavy (non-hydrogen) atoms. The molecule has 1 aromatic heterocycles. The number of nitrogens with zero attached hydrogens (tertiary/aromatic N) is 3. The molecule has 0 unspecified atom stereocenters. The molecule has 0 amide bonds. The molecule has 1 heterocycles. The van der Waals surface area contributed by atoms with Gasteiger partial charge in [-0.3, -0.25) is 0 Å². The van der Waals surface area contributed by atoms with Crippen molar-refractivity contribution >= 4 is 6.08 Å². The first kappa shape index (κ1) is 11.9. The number of ether oxygens (including phenoxy) is 1. The summed E-state index contributed by atoms with van der Waals surface area (Å²) in [5, 5.41) is 8.51. The van der Waals surface area contributed by atoms with E-state index in [0.717, 1.165) is 22.7 Å². The molecule has 2 rings (SSSR count). The zero-order chi connectivity index (χ0) is 13.0. The molecule has 0 aliphatic heterocycles. The molecule has 0 saturated heterocycles. The van der Waals surface area contributed by atoms with Gasteiger partial charge in [0.25, 0.3) is 0 Å². The fraction of sp³-hybridized carbons (Fsp3) is 0.143. The molecule has 0 saturated carbocycles. The fourth-order valence-corrected chi connectivity index (χ4v) is 1.70. The molecule has 0 spiro atoms. The Labute approximate surface area is 106 Å². The standard InChI is InChI=1S/C14H13N3O/c1-11-9-17(10-16-11)13-6-5-12(4-3-7-15)8-14(13)18-2/h3-6,8-10H,1-2H3. The van der Waals surface area contributed by atoms with Crippen LogP contribution in [0.15, 0.2) is 36.8 Å². The van der Waals surface area contributed by atoms with E-state index < -0.39 is 0 Å². The van der Waals surface area contributed by atoms with Crippen molar-refractivity contribution in [1.29, 1.82) is 5.26 Å². The lowest BCUT2D eigenvalue weighted by atomic mass is 10.1. The van der Waals surface area contributed by atoms with Crippen LogP contribution in [0, 0.1) is 18.3 Å². The number of rotatable bonds is 3. The Morgan fingerprint density at radius 3 is 2.89 bits per heavy atom. The SMILES string of the molecule is COc1cc(C=CC#N)ccc1-n1cnc(C)c1. The minimum atomic E-state index is 0.743. The largest absolute Gasteiger partial charge is 0.495 e. The predicted octanol–water partition coefficient (Wildman–Crippen LogP) is 2.73. The summed E-state index contributed by atoms with van der Waals surface area (Å²) >= 11 is 0. The Bertz CT molecular complexity index is 620. The van der Waals surface area contributed by atoms with E-state index in [0.29, 0.717) is 0 Å². The van der Waals surface area contributed by atoms with E-state index in [1.165, 1.54) is 6.08 Å². The number of aryl methyl sites for hydroxylation is 1. The van der Waals surface area contributed by atoms with Gasteiger partial charge >= 0.3 is 0 Å². The lowest BCUT2D eigenvalue weighted by Gasteiger charge is -2.09. The molecular weight excluding hydrogens is 226 g/mol. The van der Waals surface area contributed by atoms with Gasteiger partial charge in [-0.2, -0.15) is 5.26 Å². The van der Waals surface area contributed by atoms with E-state index in [-0.39, 0.29) is 0 Å². The van der Waals surface area contributed by atoms with Crippen LogP contribution in [-0.4, -0.2) is 16.7 Å². The van der Waals surface area contributed by atoms with E-state index in [2.05, 4.69) is 4.98 Å². The molecule has 90 valence electrons. The summed E-state index contributed by atoms with van der Waals surface area (Å²) in [4.78, 5) is 4.19. The van der Waals surface area contributed by atoms with Crippen LogP contribution in [0.4, 0.5) is 0 Å². The third kappa shape index (κ3) is 2.41. The first-order valence-corrected chi connectivity index (χ1v) is 5.50. The van der Waals surface area contributed by atoms with Crippen LogP contribution in [0.1, 0.15) is 11.3 Å². The summed E-state index contributed by atoms with van der Waals surface area (Å²) in [6.45, 7) is 1.94. The number of imidazole rings is 1. The maximum atomic E-state index is 8.51. The van der Waals surface area contributed by atoms with E-state index in [1.54, 1.807) is 19.5 Å². The van der Waals surface area contributed by atoms with Gasteiger partial charge in [0.05, 0.1) is 30.9 Å². The van der Waals surface area contributed by atoms with Crippen molar-refractivity contribution in [1.82, 2.24) is 9.55 Å². The number of hydrogen-bond donors (Lipinski definition) is 0. The molecule has 4 nitrogen and oxygen atoms in total. The first-order valence-electron chi connectivity index (χ1n) is 5.50. The quantitative estimate of drug-likeness (QED) is 0.774. The fourth-order valence-electron chi connectivity index (χ4n) is 1.70. The van der Waals surface area contributed by atoms with Crippen LogP contribution < -0.4 is 4.74 Å². The van der Waals surface area contributed by atoms with Gasteiger partial charge < -0.3 is 9.30 Å². The summed E-state index contributed by atoms with van der Waals surface area (Å²) in [7, 11) is 1.63. The molecule has 0 aliphatic carbocycles. The molecule has 0 atom stereocenters. The van der Waals surface area contributed by atoms with Crippen LogP contribution in [0.5, 0.6) is 5.75 Å². The van der Waals surface area contributed by atoms with Crippen molar-refractivity contribution in [3.05, 3.63) is 48.1 Å². The second kappa shape index (κ2) is 5.19. The van der Waals surface area contributed by atoms with Crippen molar-refractivity contribution in [2.24, 2.45) is 0 Å². The van der Waals surface area contributed by atoms with Crippen molar-refractivity contribution in [2.75, 3.05) is 7.11 Å². The van der Waals surface area contributed by atoms with Gasteiger partial charge in [0.2, 0.25) is 0 Å². The lowest BCUT2D eigenvalue weighted by molar-refractivity contribution is 0.413. The number of allylic oxidation sites excluding steroid dienone is 1. The third-order valence-electron chi connectivity index (χ3n) is 2.54. The highest BCUT2D eigenvalue weighted by atomic mass is 16.5. The van der Waals surface area contributed by atoms with Crippen LogP contribution in [0.3, 0.4) is 0 Å². The molecule has 0 radical (unpaired) electrons. The second-order valence-corrected chi connectivity index (χ2v) is 3.82. The highest BCUT2D eigenvalue weighted by Crippen LogP contribution is 2.24. The van der Waals surface area contributed by atoms with Gasteiger partial charge in [-0.1, -0.05) is 6.07 Å². The average molecular weight is 239 g/mol. The summed E-state index contributed by atoms with van der Waals surface area (Å²) in [6, 6.07) is 7.73. The summed E-state index contributed by atoms with van der Waals surface area (Å²) in [5.41, 5.74) is 2.80. The Morgan fingerprint density at radius 1 is 1.44 bits per heavy atom. The molecule has 0 bridgehead atoms. The van der Waals surface area contributed by atoms with E-state index in [1.807, 2.05) is 42.0 Å². The van der Waals surface area contributed by atoms with Gasteiger partial charge in [0, 0.05) is 12.3 Å². The predicted molar refractivity (Wildman–Crippen MR) is 69.5 cm³/mol. The average Bonchev–Trinajstić information content (AvgIpc) is 2.82. The van der Waals surface area contributed by atoms with Crippen molar-refractivity contribution in [3.8, 4) is 17.5 Å². The van der Waals surface area contributed by atoms with Crippen molar-refractivity contribution < 1.29 is 4.74 Å². The van der Waals surface area contributed by atoms with E-state index in [9.17, 15) is 0 Å². The maximum absolute atomic E-state index is 8.51. The number of methoxy groups -OCH3 is 1. The van der Waals surface area contributed by atoms with Gasteiger partial charge in [0.15, 0.2) is 0 Å². The van der Waals surface area contributed by atoms with Crippen molar-refractivity contribution in [3.63, 3.8) is 0 Å². The van der Waals surface area contributed by atoms with Crippen LogP contribution in [0.25, 0.3) is 11.8 Å². The number of nitriles is 1. The topological polar surface area (TPSA) is 50.8 Å². The van der Waals surface area contributed by atoms with Crippen molar-refractivity contribution in [2.45, 2.75) is 6.92 Å². The molecule has 0 N–H and O–H groups in total. The zero-order valence-corrected chi connectivity index (χ0v) is 10.3. The lowest BCUT2D eigenvalue weighted by Crippen LogP contribution is -1.95. The normalized spacial score (nSPS) is 10.5. The van der Waals surface area contributed by atoms with E-state index >= 15 is 0 Å². The summed E-state index contributed by atoms with van der Waals surface area (Å²) in [5.74, 6) is 0.743. The zero-order valence-electron chi connectivity index (χ0n) is 10.3. The van der Waals surface area contributed by atoms with Crippen LogP contribution in [-0.2, 0) is 0 Å². The Hall–Kier alpha value is -2.54. The van der Waals surface area contributed by atoms with Gasteiger partial charge in [-0.25, -0.2) is 4.98 Å². The number of aromatic nitrogens is 2. The smallest absolute Gasteiger partial charge is 0.143 e. The van der Waals surface area contributed by atoms with Gasteiger partial charge in [-0.15, -0.1) is 0 Å². The second-order valence-electron chi connectivity index (χ2n) is 3.82. The van der Waals surface area contributed by atoms with Gasteiger partial charge in [0.1, 0.15) is 5.75 Å². The monoisotopic (exact) mass is 239 g/mol. The summed E-state index contributed by atoms with van der Waals surface area (Å²) < 4.78 is 7.27. The maximum Gasteiger partial charge on any atom is 0.143 e. The highest BCUT2D eigenvalue weighted by Gasteiger charge is 2.06. The Balaban J connectivity index is 2.44. The first-order chi connectivity index (χ1) is 8.74. The highest BCUT2D eigenvalue weighted by molar-refractivity contribution is 5.59. The number of hydrogen-bond acceptors (Lipinski definition) is 3. The molecule has 1 aromatic carbocycles. The molecule has 0 aliphatic rings. The van der Waals surface area contributed by atoms with Crippen LogP contribution >= 0.6 is 0 Å². The number of benzene rings is 1. The minimum Gasteiger partial charge on any atom is -0.495 e.